The third-order valence-corrected chi connectivity index (χ3v) is 2.96. The van der Waals surface area contributed by atoms with E-state index in [0.717, 1.165) is 22.2 Å². The molecule has 1 aromatic rings. The molecule has 0 aliphatic heterocycles. The Hall–Kier alpha value is -0.240. The fourth-order valence-electron chi connectivity index (χ4n) is 1.68. The van der Waals surface area contributed by atoms with E-state index < -0.39 is 0 Å². The lowest BCUT2D eigenvalue weighted by Gasteiger charge is -2.23. The molecule has 1 N–H and O–H groups in total. The minimum absolute atomic E-state index is 0.265. The Balaban J connectivity index is 3.04. The Bertz CT molecular complexity index is 323. The highest BCUT2D eigenvalue weighted by molar-refractivity contribution is 6.33. The lowest BCUT2D eigenvalue weighted by atomic mass is 9.96. The van der Waals surface area contributed by atoms with Gasteiger partial charge in [0, 0.05) is 16.1 Å². The standard InChI is InChI=1S/C12H17Cl2N/c1-4-15-12(8(2)3)10-7-9(13)5-6-11(10)14/h5-8,12,15H,4H2,1-3H3. The molecule has 0 heterocycles. The topological polar surface area (TPSA) is 12.0 Å². The van der Waals surface area contributed by atoms with E-state index in [1.807, 2.05) is 18.2 Å². The summed E-state index contributed by atoms with van der Waals surface area (Å²) in [6, 6.07) is 5.88. The van der Waals surface area contributed by atoms with Crippen LogP contribution < -0.4 is 5.32 Å². The molecule has 15 heavy (non-hydrogen) atoms. The van der Waals surface area contributed by atoms with Crippen molar-refractivity contribution in [1.29, 1.82) is 0 Å². The van der Waals surface area contributed by atoms with Crippen LogP contribution in [-0.4, -0.2) is 6.54 Å². The van der Waals surface area contributed by atoms with Crippen LogP contribution in [0.2, 0.25) is 10.0 Å². The summed E-state index contributed by atoms with van der Waals surface area (Å²) in [4.78, 5) is 0. The fraction of sp³-hybridized carbons (Fsp3) is 0.500. The van der Waals surface area contributed by atoms with Crippen molar-refractivity contribution in [3.8, 4) is 0 Å². The average molecular weight is 246 g/mol. The first-order valence-corrected chi connectivity index (χ1v) is 6.00. The zero-order chi connectivity index (χ0) is 11.4. The maximum Gasteiger partial charge on any atom is 0.0454 e. The van der Waals surface area contributed by atoms with Crippen molar-refractivity contribution in [3.63, 3.8) is 0 Å². The second kappa shape index (κ2) is 5.74. The van der Waals surface area contributed by atoms with Gasteiger partial charge in [0.25, 0.3) is 0 Å². The second-order valence-electron chi connectivity index (χ2n) is 3.95. The molecule has 1 unspecified atom stereocenters. The summed E-state index contributed by atoms with van der Waals surface area (Å²) >= 11 is 12.2. The van der Waals surface area contributed by atoms with Gasteiger partial charge in [-0.2, -0.15) is 0 Å². The van der Waals surface area contributed by atoms with E-state index in [9.17, 15) is 0 Å². The molecule has 0 bridgehead atoms. The number of benzene rings is 1. The zero-order valence-corrected chi connectivity index (χ0v) is 10.9. The van der Waals surface area contributed by atoms with Gasteiger partial charge in [-0.05, 0) is 36.2 Å². The molecule has 1 atom stereocenters. The Morgan fingerprint density at radius 3 is 2.47 bits per heavy atom. The van der Waals surface area contributed by atoms with Gasteiger partial charge in [0.05, 0.1) is 0 Å². The summed E-state index contributed by atoms with van der Waals surface area (Å²) in [5, 5.41) is 4.93. The second-order valence-corrected chi connectivity index (χ2v) is 4.79. The molecule has 84 valence electrons. The molecule has 0 saturated carbocycles. The van der Waals surface area contributed by atoms with Crippen molar-refractivity contribution < 1.29 is 0 Å². The van der Waals surface area contributed by atoms with E-state index in [1.165, 1.54) is 0 Å². The summed E-state index contributed by atoms with van der Waals surface area (Å²) in [7, 11) is 0. The van der Waals surface area contributed by atoms with Crippen LogP contribution in [0.4, 0.5) is 0 Å². The summed E-state index contributed by atoms with van der Waals surface area (Å²) in [6.07, 6.45) is 0. The SMILES string of the molecule is CCNC(c1cc(Cl)ccc1Cl)C(C)C. The van der Waals surface area contributed by atoms with Crippen LogP contribution in [0, 0.1) is 5.92 Å². The van der Waals surface area contributed by atoms with Crippen molar-refractivity contribution in [2.24, 2.45) is 5.92 Å². The fourth-order valence-corrected chi connectivity index (χ4v) is 2.09. The largest absolute Gasteiger partial charge is 0.310 e. The number of hydrogen-bond acceptors (Lipinski definition) is 1. The molecular weight excluding hydrogens is 229 g/mol. The Labute approximate surface area is 102 Å². The molecule has 0 aliphatic rings. The maximum absolute atomic E-state index is 6.17. The van der Waals surface area contributed by atoms with Crippen LogP contribution in [0.25, 0.3) is 0 Å². The van der Waals surface area contributed by atoms with Gasteiger partial charge in [-0.25, -0.2) is 0 Å². The maximum atomic E-state index is 6.17. The minimum atomic E-state index is 0.265. The van der Waals surface area contributed by atoms with Crippen LogP contribution >= 0.6 is 23.2 Å². The minimum Gasteiger partial charge on any atom is -0.310 e. The normalized spacial score (nSPS) is 13.2. The molecule has 0 amide bonds. The third-order valence-electron chi connectivity index (χ3n) is 2.38. The van der Waals surface area contributed by atoms with E-state index in [-0.39, 0.29) is 6.04 Å². The lowest BCUT2D eigenvalue weighted by Crippen LogP contribution is -2.25. The van der Waals surface area contributed by atoms with Crippen molar-refractivity contribution >= 4 is 23.2 Å². The van der Waals surface area contributed by atoms with Crippen LogP contribution in [0.3, 0.4) is 0 Å². The van der Waals surface area contributed by atoms with Gasteiger partial charge in [0.15, 0.2) is 0 Å². The van der Waals surface area contributed by atoms with Gasteiger partial charge in [0.2, 0.25) is 0 Å². The highest BCUT2D eigenvalue weighted by Gasteiger charge is 2.17. The Morgan fingerprint density at radius 2 is 1.93 bits per heavy atom. The van der Waals surface area contributed by atoms with Gasteiger partial charge < -0.3 is 5.32 Å². The number of nitrogens with one attached hydrogen (secondary N) is 1. The van der Waals surface area contributed by atoms with E-state index in [0.29, 0.717) is 5.92 Å². The third kappa shape index (κ3) is 3.37. The predicted octanol–water partition coefficient (Wildman–Crippen LogP) is 4.30. The van der Waals surface area contributed by atoms with Crippen molar-refractivity contribution in [3.05, 3.63) is 33.8 Å². The van der Waals surface area contributed by atoms with Crippen molar-refractivity contribution in [2.75, 3.05) is 6.54 Å². The van der Waals surface area contributed by atoms with Crippen LogP contribution in [0.5, 0.6) is 0 Å². The molecule has 0 saturated heterocycles. The van der Waals surface area contributed by atoms with E-state index in [4.69, 9.17) is 23.2 Å². The van der Waals surface area contributed by atoms with Crippen molar-refractivity contribution in [1.82, 2.24) is 5.32 Å². The first-order valence-electron chi connectivity index (χ1n) is 5.24. The quantitative estimate of drug-likeness (QED) is 0.835. The molecule has 0 aromatic heterocycles. The zero-order valence-electron chi connectivity index (χ0n) is 9.35. The summed E-state index contributed by atoms with van der Waals surface area (Å²) in [5.74, 6) is 0.487. The first kappa shape index (κ1) is 12.8. The Kier molecular flexibility index (Phi) is 4.91. The Morgan fingerprint density at radius 1 is 1.27 bits per heavy atom. The van der Waals surface area contributed by atoms with E-state index >= 15 is 0 Å². The highest BCUT2D eigenvalue weighted by atomic mass is 35.5. The molecule has 0 aliphatic carbocycles. The van der Waals surface area contributed by atoms with Gasteiger partial charge in [0.1, 0.15) is 0 Å². The number of halogens is 2. The van der Waals surface area contributed by atoms with Crippen LogP contribution in [0.1, 0.15) is 32.4 Å². The van der Waals surface area contributed by atoms with Crippen LogP contribution in [0.15, 0.2) is 18.2 Å². The van der Waals surface area contributed by atoms with Crippen molar-refractivity contribution in [2.45, 2.75) is 26.8 Å². The monoisotopic (exact) mass is 245 g/mol. The molecule has 0 spiro atoms. The van der Waals surface area contributed by atoms with Gasteiger partial charge in [-0.3, -0.25) is 0 Å². The predicted molar refractivity (Wildman–Crippen MR) is 67.7 cm³/mol. The molecule has 1 nitrogen and oxygen atoms in total. The molecule has 0 radical (unpaired) electrons. The summed E-state index contributed by atoms with van der Waals surface area (Å²) in [5.41, 5.74) is 1.08. The van der Waals surface area contributed by atoms with Gasteiger partial charge >= 0.3 is 0 Å². The number of rotatable bonds is 4. The average Bonchev–Trinajstić information content (AvgIpc) is 2.18. The molecule has 1 aromatic carbocycles. The number of hydrogen-bond donors (Lipinski definition) is 1. The molecule has 0 fully saturated rings. The summed E-state index contributed by atoms with van der Waals surface area (Å²) in [6.45, 7) is 7.36. The molecular formula is C12H17Cl2N. The first-order chi connectivity index (χ1) is 7.06. The van der Waals surface area contributed by atoms with Gasteiger partial charge in [-0.15, -0.1) is 0 Å². The smallest absolute Gasteiger partial charge is 0.0454 e. The lowest BCUT2D eigenvalue weighted by molar-refractivity contribution is 0.422. The van der Waals surface area contributed by atoms with Gasteiger partial charge in [-0.1, -0.05) is 44.0 Å². The molecule has 1 rings (SSSR count). The summed E-state index contributed by atoms with van der Waals surface area (Å²) < 4.78 is 0. The van der Waals surface area contributed by atoms with Crippen LogP contribution in [-0.2, 0) is 0 Å². The molecule has 3 heteroatoms. The van der Waals surface area contributed by atoms with E-state index in [1.54, 1.807) is 0 Å². The highest BCUT2D eigenvalue weighted by Crippen LogP contribution is 2.30. The van der Waals surface area contributed by atoms with E-state index in [2.05, 4.69) is 26.1 Å².